The Morgan fingerprint density at radius 3 is 2.73 bits per heavy atom. The first-order valence-electron chi connectivity index (χ1n) is 4.70. The number of rotatable bonds is 2. The van der Waals surface area contributed by atoms with Gasteiger partial charge in [0.15, 0.2) is 5.82 Å². The van der Waals surface area contributed by atoms with Crippen LogP contribution in [-0.2, 0) is 6.54 Å². The summed E-state index contributed by atoms with van der Waals surface area (Å²) in [5, 5.41) is 4.61. The largest absolute Gasteiger partial charge is 0.381 e. The van der Waals surface area contributed by atoms with Crippen molar-refractivity contribution in [1.82, 2.24) is 9.78 Å². The molecule has 0 atom stereocenters. The normalized spacial score (nSPS) is 10.5. The summed E-state index contributed by atoms with van der Waals surface area (Å²) in [7, 11) is 0. The first-order valence-corrected chi connectivity index (χ1v) is 5.07. The fraction of sp³-hybridized carbons (Fsp3) is 0.182. The highest BCUT2D eigenvalue weighted by Crippen LogP contribution is 2.17. The van der Waals surface area contributed by atoms with Gasteiger partial charge < -0.3 is 5.73 Å². The fourth-order valence-electron chi connectivity index (χ4n) is 1.46. The van der Waals surface area contributed by atoms with Gasteiger partial charge in [0.25, 0.3) is 0 Å². The van der Waals surface area contributed by atoms with Crippen molar-refractivity contribution in [3.63, 3.8) is 0 Å². The topological polar surface area (TPSA) is 43.8 Å². The summed E-state index contributed by atoms with van der Waals surface area (Å²) in [6.07, 6.45) is 1.74. The van der Waals surface area contributed by atoms with Gasteiger partial charge in [0, 0.05) is 6.20 Å². The van der Waals surface area contributed by atoms with Gasteiger partial charge in [-0.25, -0.2) is 0 Å². The smallest absolute Gasteiger partial charge is 0.164 e. The number of aryl methyl sites for hydroxylation is 1. The van der Waals surface area contributed by atoms with E-state index in [1.54, 1.807) is 10.9 Å². The van der Waals surface area contributed by atoms with Crippen LogP contribution in [0.3, 0.4) is 0 Å². The zero-order chi connectivity index (χ0) is 10.8. The van der Waals surface area contributed by atoms with E-state index in [0.29, 0.717) is 17.4 Å². The molecule has 0 saturated carbocycles. The molecule has 2 rings (SSSR count). The van der Waals surface area contributed by atoms with Gasteiger partial charge in [0.1, 0.15) is 5.02 Å². The number of nitrogens with two attached hydrogens (primary N) is 1. The Morgan fingerprint density at radius 1 is 1.40 bits per heavy atom. The molecule has 0 aliphatic rings. The lowest BCUT2D eigenvalue weighted by Crippen LogP contribution is -2.02. The molecule has 0 fully saturated rings. The van der Waals surface area contributed by atoms with E-state index in [0.717, 1.165) is 0 Å². The van der Waals surface area contributed by atoms with Gasteiger partial charge in [-0.3, -0.25) is 4.68 Å². The maximum atomic E-state index is 5.83. The molecule has 0 aliphatic carbocycles. The van der Waals surface area contributed by atoms with Crippen molar-refractivity contribution in [3.05, 3.63) is 46.6 Å². The van der Waals surface area contributed by atoms with Crippen LogP contribution in [0.2, 0.25) is 5.02 Å². The molecule has 0 spiro atoms. The molecule has 0 bridgehead atoms. The lowest BCUT2D eigenvalue weighted by atomic mass is 10.1. The Bertz CT molecular complexity index is 457. The average molecular weight is 222 g/mol. The number of halogens is 1. The maximum absolute atomic E-state index is 5.83. The summed E-state index contributed by atoms with van der Waals surface area (Å²) in [5.74, 6) is 0.380. The SMILES string of the molecule is Cc1ccccc1Cn1cc(Cl)c(N)n1. The predicted molar refractivity (Wildman–Crippen MR) is 61.9 cm³/mol. The average Bonchev–Trinajstić information content (AvgIpc) is 2.50. The molecular weight excluding hydrogens is 210 g/mol. The minimum absolute atomic E-state index is 0.380. The van der Waals surface area contributed by atoms with Crippen LogP contribution in [0.15, 0.2) is 30.5 Å². The third kappa shape index (κ3) is 2.13. The number of hydrogen-bond donors (Lipinski definition) is 1. The lowest BCUT2D eigenvalue weighted by molar-refractivity contribution is 0.687. The van der Waals surface area contributed by atoms with E-state index >= 15 is 0 Å². The molecule has 1 aromatic carbocycles. The number of anilines is 1. The molecule has 2 N–H and O–H groups in total. The summed E-state index contributed by atoms with van der Waals surface area (Å²) in [4.78, 5) is 0. The number of benzene rings is 1. The summed E-state index contributed by atoms with van der Waals surface area (Å²) in [5.41, 5.74) is 8.03. The first kappa shape index (κ1) is 10.1. The van der Waals surface area contributed by atoms with Gasteiger partial charge in [-0.05, 0) is 18.1 Å². The van der Waals surface area contributed by atoms with Gasteiger partial charge in [0.05, 0.1) is 6.54 Å². The molecule has 0 unspecified atom stereocenters. The second-order valence-corrected chi connectivity index (χ2v) is 3.89. The van der Waals surface area contributed by atoms with Gasteiger partial charge in [-0.1, -0.05) is 35.9 Å². The lowest BCUT2D eigenvalue weighted by Gasteiger charge is -2.04. The monoisotopic (exact) mass is 221 g/mol. The molecule has 0 aliphatic heterocycles. The summed E-state index contributed by atoms with van der Waals surface area (Å²) < 4.78 is 1.75. The van der Waals surface area contributed by atoms with Crippen molar-refractivity contribution in [3.8, 4) is 0 Å². The molecule has 0 saturated heterocycles. The molecule has 0 amide bonds. The number of hydrogen-bond acceptors (Lipinski definition) is 2. The van der Waals surface area contributed by atoms with E-state index in [4.69, 9.17) is 17.3 Å². The Balaban J connectivity index is 2.26. The maximum Gasteiger partial charge on any atom is 0.164 e. The van der Waals surface area contributed by atoms with Crippen molar-refractivity contribution in [2.45, 2.75) is 13.5 Å². The highest BCUT2D eigenvalue weighted by atomic mass is 35.5. The third-order valence-electron chi connectivity index (χ3n) is 2.34. The summed E-state index contributed by atoms with van der Waals surface area (Å²) >= 11 is 5.83. The zero-order valence-electron chi connectivity index (χ0n) is 8.44. The Labute approximate surface area is 93.5 Å². The quantitative estimate of drug-likeness (QED) is 0.847. The van der Waals surface area contributed by atoms with E-state index in [-0.39, 0.29) is 0 Å². The van der Waals surface area contributed by atoms with Crippen LogP contribution in [0.25, 0.3) is 0 Å². The molecule has 1 aromatic heterocycles. The van der Waals surface area contributed by atoms with E-state index in [2.05, 4.69) is 24.2 Å². The van der Waals surface area contributed by atoms with Crippen LogP contribution in [0.4, 0.5) is 5.82 Å². The molecule has 0 radical (unpaired) electrons. The molecule has 2 aromatic rings. The van der Waals surface area contributed by atoms with Crippen LogP contribution >= 0.6 is 11.6 Å². The number of nitrogen functional groups attached to an aromatic ring is 1. The van der Waals surface area contributed by atoms with Crippen molar-refractivity contribution in [2.24, 2.45) is 0 Å². The van der Waals surface area contributed by atoms with E-state index < -0.39 is 0 Å². The number of aromatic nitrogens is 2. The molecule has 15 heavy (non-hydrogen) atoms. The molecule has 3 nitrogen and oxygen atoms in total. The Hall–Kier alpha value is -1.48. The third-order valence-corrected chi connectivity index (χ3v) is 2.63. The highest BCUT2D eigenvalue weighted by molar-refractivity contribution is 6.32. The van der Waals surface area contributed by atoms with Crippen molar-refractivity contribution >= 4 is 17.4 Å². The van der Waals surface area contributed by atoms with Crippen LogP contribution in [0.5, 0.6) is 0 Å². The van der Waals surface area contributed by atoms with Gasteiger partial charge >= 0.3 is 0 Å². The van der Waals surface area contributed by atoms with Crippen LogP contribution in [0, 0.1) is 6.92 Å². The van der Waals surface area contributed by atoms with Gasteiger partial charge in [-0.15, -0.1) is 0 Å². The van der Waals surface area contributed by atoms with Gasteiger partial charge in [-0.2, -0.15) is 5.10 Å². The number of nitrogens with zero attached hydrogens (tertiary/aromatic N) is 2. The zero-order valence-corrected chi connectivity index (χ0v) is 9.20. The van der Waals surface area contributed by atoms with Gasteiger partial charge in [0.2, 0.25) is 0 Å². The standard InChI is InChI=1S/C11H12ClN3/c1-8-4-2-3-5-9(8)6-15-7-10(12)11(13)14-15/h2-5,7H,6H2,1H3,(H2,13,14). The molecule has 78 valence electrons. The summed E-state index contributed by atoms with van der Waals surface area (Å²) in [6, 6.07) is 8.17. The minimum Gasteiger partial charge on any atom is -0.381 e. The molecular formula is C11H12ClN3. The van der Waals surface area contributed by atoms with E-state index in [1.807, 2.05) is 12.1 Å². The Morgan fingerprint density at radius 2 is 2.13 bits per heavy atom. The van der Waals surface area contributed by atoms with Crippen LogP contribution in [-0.4, -0.2) is 9.78 Å². The second-order valence-electron chi connectivity index (χ2n) is 3.49. The van der Waals surface area contributed by atoms with Crippen molar-refractivity contribution in [2.75, 3.05) is 5.73 Å². The van der Waals surface area contributed by atoms with Crippen LogP contribution in [0.1, 0.15) is 11.1 Å². The fourth-order valence-corrected chi connectivity index (χ4v) is 1.61. The van der Waals surface area contributed by atoms with Crippen molar-refractivity contribution in [1.29, 1.82) is 0 Å². The molecule has 4 heteroatoms. The summed E-state index contributed by atoms with van der Waals surface area (Å²) in [6.45, 7) is 2.77. The predicted octanol–water partition coefficient (Wildman–Crippen LogP) is 2.48. The second kappa shape index (κ2) is 3.95. The molecule has 1 heterocycles. The van der Waals surface area contributed by atoms with Crippen molar-refractivity contribution < 1.29 is 0 Å². The van der Waals surface area contributed by atoms with Crippen LogP contribution < -0.4 is 5.73 Å². The highest BCUT2D eigenvalue weighted by Gasteiger charge is 2.04. The first-order chi connectivity index (χ1) is 7.16. The van der Waals surface area contributed by atoms with E-state index in [1.165, 1.54) is 11.1 Å². The minimum atomic E-state index is 0.380. The van der Waals surface area contributed by atoms with E-state index in [9.17, 15) is 0 Å². The Kier molecular flexibility index (Phi) is 2.64.